The third kappa shape index (κ3) is 3.93. The van der Waals surface area contributed by atoms with E-state index in [-0.39, 0.29) is 12.6 Å². The molecule has 1 aromatic carbocycles. The molecule has 4 nitrogen and oxygen atoms in total. The Labute approximate surface area is 115 Å². The zero-order valence-corrected chi connectivity index (χ0v) is 11.5. The Morgan fingerprint density at radius 3 is 2.68 bits per heavy atom. The van der Waals surface area contributed by atoms with Crippen LogP contribution in [0.1, 0.15) is 31.4 Å². The molecule has 2 atom stereocenters. The van der Waals surface area contributed by atoms with E-state index in [1.54, 1.807) is 12.1 Å². The van der Waals surface area contributed by atoms with Crippen LogP contribution in [0.5, 0.6) is 5.75 Å². The second-order valence-electron chi connectivity index (χ2n) is 5.28. The average Bonchev–Trinajstić information content (AvgIpc) is 2.91. The van der Waals surface area contributed by atoms with Crippen LogP contribution in [0.2, 0.25) is 0 Å². The van der Waals surface area contributed by atoms with E-state index in [4.69, 9.17) is 0 Å². The van der Waals surface area contributed by atoms with Crippen molar-refractivity contribution in [3.63, 3.8) is 0 Å². The molecule has 4 heteroatoms. The third-order valence-corrected chi connectivity index (χ3v) is 3.93. The number of nitrogens with zero attached hydrogens (tertiary/aromatic N) is 1. The molecule has 3 N–H and O–H groups in total. The van der Waals surface area contributed by atoms with Crippen LogP contribution in [0.15, 0.2) is 24.3 Å². The largest absolute Gasteiger partial charge is 0.508 e. The fraction of sp³-hybridized carbons (Fsp3) is 0.600. The van der Waals surface area contributed by atoms with Crippen molar-refractivity contribution in [3.8, 4) is 5.75 Å². The summed E-state index contributed by atoms with van der Waals surface area (Å²) in [6.07, 6.45) is 2.45. The topological polar surface area (TPSA) is 55.7 Å². The number of rotatable bonds is 6. The van der Waals surface area contributed by atoms with Gasteiger partial charge in [-0.1, -0.05) is 12.1 Å². The number of nitrogens with one attached hydrogen (secondary N) is 1. The molecular weight excluding hydrogens is 240 g/mol. The first-order valence-corrected chi connectivity index (χ1v) is 7.08. The van der Waals surface area contributed by atoms with Crippen LogP contribution in [0, 0.1) is 0 Å². The number of aromatic hydroxyl groups is 1. The predicted molar refractivity (Wildman–Crippen MR) is 76.2 cm³/mol. The average molecular weight is 264 g/mol. The molecule has 1 heterocycles. The van der Waals surface area contributed by atoms with Gasteiger partial charge in [0.2, 0.25) is 0 Å². The highest BCUT2D eigenvalue weighted by Gasteiger charge is 2.21. The zero-order valence-electron chi connectivity index (χ0n) is 11.5. The van der Waals surface area contributed by atoms with Gasteiger partial charge in [0.25, 0.3) is 0 Å². The Balaban J connectivity index is 2.01. The van der Waals surface area contributed by atoms with E-state index >= 15 is 0 Å². The number of phenols is 1. The molecule has 0 radical (unpaired) electrons. The van der Waals surface area contributed by atoms with Crippen LogP contribution in [-0.4, -0.2) is 47.4 Å². The number of hydrogen-bond donors (Lipinski definition) is 3. The van der Waals surface area contributed by atoms with Gasteiger partial charge in [0.15, 0.2) is 0 Å². The van der Waals surface area contributed by atoms with E-state index in [2.05, 4.69) is 17.1 Å². The lowest BCUT2D eigenvalue weighted by atomic mass is 10.1. The highest BCUT2D eigenvalue weighted by atomic mass is 16.3. The Bertz CT molecular complexity index is 374. The summed E-state index contributed by atoms with van der Waals surface area (Å²) >= 11 is 0. The molecule has 1 saturated heterocycles. The van der Waals surface area contributed by atoms with Crippen LogP contribution in [-0.2, 0) is 0 Å². The van der Waals surface area contributed by atoms with E-state index < -0.39 is 0 Å². The van der Waals surface area contributed by atoms with Gasteiger partial charge in [0, 0.05) is 25.2 Å². The number of hydrogen-bond acceptors (Lipinski definition) is 4. The van der Waals surface area contributed by atoms with Crippen molar-refractivity contribution in [3.05, 3.63) is 29.8 Å². The summed E-state index contributed by atoms with van der Waals surface area (Å²) in [7, 11) is 0. The number of phenolic OH excluding ortho intramolecular Hbond substituents is 1. The molecule has 1 fully saturated rings. The molecule has 0 aliphatic carbocycles. The summed E-state index contributed by atoms with van der Waals surface area (Å²) < 4.78 is 0. The lowest BCUT2D eigenvalue weighted by Gasteiger charge is -2.31. The first-order valence-electron chi connectivity index (χ1n) is 7.08. The molecule has 106 valence electrons. The van der Waals surface area contributed by atoms with Crippen molar-refractivity contribution >= 4 is 0 Å². The van der Waals surface area contributed by atoms with Crippen molar-refractivity contribution < 1.29 is 10.2 Å². The van der Waals surface area contributed by atoms with Gasteiger partial charge in [0.05, 0.1) is 6.61 Å². The highest BCUT2D eigenvalue weighted by molar-refractivity contribution is 5.27. The SMILES string of the molecule is CC(c1ccc(O)cc1)N(CCO)CC1CCCN1. The zero-order chi connectivity index (χ0) is 13.7. The summed E-state index contributed by atoms with van der Waals surface area (Å²) in [5.41, 5.74) is 1.17. The van der Waals surface area contributed by atoms with Crippen LogP contribution in [0.4, 0.5) is 0 Å². The molecule has 0 amide bonds. The van der Waals surface area contributed by atoms with Gasteiger partial charge >= 0.3 is 0 Å². The van der Waals surface area contributed by atoms with Crippen LogP contribution < -0.4 is 5.32 Å². The van der Waals surface area contributed by atoms with Gasteiger partial charge in [-0.25, -0.2) is 0 Å². The number of benzene rings is 1. The molecule has 0 saturated carbocycles. The Morgan fingerprint density at radius 1 is 1.37 bits per heavy atom. The quantitative estimate of drug-likeness (QED) is 0.729. The predicted octanol–water partition coefficient (Wildman–Crippen LogP) is 1.50. The van der Waals surface area contributed by atoms with Gasteiger partial charge in [-0.05, 0) is 44.0 Å². The molecule has 1 aliphatic rings. The number of aliphatic hydroxyl groups is 1. The van der Waals surface area contributed by atoms with E-state index in [0.717, 1.165) is 13.1 Å². The maximum Gasteiger partial charge on any atom is 0.115 e. The van der Waals surface area contributed by atoms with Crippen molar-refractivity contribution in [1.29, 1.82) is 0 Å². The van der Waals surface area contributed by atoms with Crippen molar-refractivity contribution in [1.82, 2.24) is 10.2 Å². The van der Waals surface area contributed by atoms with E-state index in [9.17, 15) is 10.2 Å². The first-order chi connectivity index (χ1) is 9.20. The Morgan fingerprint density at radius 2 is 2.11 bits per heavy atom. The van der Waals surface area contributed by atoms with Gasteiger partial charge in [-0.3, -0.25) is 4.90 Å². The van der Waals surface area contributed by atoms with Gasteiger partial charge < -0.3 is 15.5 Å². The van der Waals surface area contributed by atoms with Crippen LogP contribution in [0.3, 0.4) is 0 Å². The maximum absolute atomic E-state index is 9.35. The van der Waals surface area contributed by atoms with Crippen molar-refractivity contribution in [2.24, 2.45) is 0 Å². The molecule has 2 unspecified atom stereocenters. The van der Waals surface area contributed by atoms with Crippen LogP contribution >= 0.6 is 0 Å². The second-order valence-corrected chi connectivity index (χ2v) is 5.28. The molecule has 19 heavy (non-hydrogen) atoms. The normalized spacial score (nSPS) is 20.9. The minimum atomic E-state index is 0.176. The monoisotopic (exact) mass is 264 g/mol. The Kier molecular flexibility index (Phi) is 5.19. The van der Waals surface area contributed by atoms with Gasteiger partial charge in [0.1, 0.15) is 5.75 Å². The summed E-state index contributed by atoms with van der Waals surface area (Å²) in [6.45, 7) is 5.07. The summed E-state index contributed by atoms with van der Waals surface area (Å²) in [4.78, 5) is 2.30. The molecule has 0 aromatic heterocycles. The van der Waals surface area contributed by atoms with E-state index in [1.165, 1.54) is 18.4 Å². The van der Waals surface area contributed by atoms with Gasteiger partial charge in [-0.15, -0.1) is 0 Å². The highest BCUT2D eigenvalue weighted by Crippen LogP contribution is 2.23. The molecular formula is C15H24N2O2. The molecule has 1 aromatic rings. The van der Waals surface area contributed by atoms with Gasteiger partial charge in [-0.2, -0.15) is 0 Å². The Hall–Kier alpha value is -1.10. The first kappa shape index (κ1) is 14.3. The summed E-state index contributed by atoms with van der Waals surface area (Å²) in [5, 5.41) is 22.1. The van der Waals surface area contributed by atoms with E-state index in [0.29, 0.717) is 18.3 Å². The standard InChI is InChI=1S/C15H24N2O2/c1-12(13-4-6-15(19)7-5-13)17(9-10-18)11-14-3-2-8-16-14/h4-7,12,14,16,18-19H,2-3,8-11H2,1H3. The summed E-state index contributed by atoms with van der Waals surface area (Å²) in [6, 6.07) is 8.12. The summed E-state index contributed by atoms with van der Waals surface area (Å²) in [5.74, 6) is 0.294. The molecule has 2 rings (SSSR count). The lowest BCUT2D eigenvalue weighted by Crippen LogP contribution is -2.40. The molecule has 0 bridgehead atoms. The maximum atomic E-state index is 9.35. The fourth-order valence-corrected chi connectivity index (χ4v) is 2.73. The smallest absolute Gasteiger partial charge is 0.115 e. The second kappa shape index (κ2) is 6.89. The number of aliphatic hydroxyl groups excluding tert-OH is 1. The lowest BCUT2D eigenvalue weighted by molar-refractivity contribution is 0.147. The minimum absolute atomic E-state index is 0.176. The fourth-order valence-electron chi connectivity index (χ4n) is 2.73. The molecule has 1 aliphatic heterocycles. The molecule has 0 spiro atoms. The van der Waals surface area contributed by atoms with Crippen molar-refractivity contribution in [2.45, 2.75) is 31.8 Å². The van der Waals surface area contributed by atoms with Crippen molar-refractivity contribution in [2.75, 3.05) is 26.2 Å². The minimum Gasteiger partial charge on any atom is -0.508 e. The van der Waals surface area contributed by atoms with Crippen LogP contribution in [0.25, 0.3) is 0 Å². The van der Waals surface area contributed by atoms with E-state index in [1.807, 2.05) is 12.1 Å². The third-order valence-electron chi connectivity index (χ3n) is 3.93.